The van der Waals surface area contributed by atoms with Crippen molar-refractivity contribution in [1.29, 1.82) is 0 Å². The Hall–Kier alpha value is -2.63. The van der Waals surface area contributed by atoms with Gasteiger partial charge in [0.15, 0.2) is 11.5 Å². The number of para-hydroxylation sites is 1. The van der Waals surface area contributed by atoms with Crippen LogP contribution >= 0.6 is 0 Å². The van der Waals surface area contributed by atoms with Crippen LogP contribution in [-0.4, -0.2) is 47.1 Å². The van der Waals surface area contributed by atoms with Crippen molar-refractivity contribution in [3.05, 3.63) is 47.0 Å². The Bertz CT molecular complexity index is 801. The highest BCUT2D eigenvalue weighted by molar-refractivity contribution is 5.98. The lowest BCUT2D eigenvalue weighted by atomic mass is 10.1. The van der Waals surface area contributed by atoms with E-state index in [9.17, 15) is 4.79 Å². The summed E-state index contributed by atoms with van der Waals surface area (Å²) in [5.74, 6) is 2.20. The zero-order valence-electron chi connectivity index (χ0n) is 14.5. The van der Waals surface area contributed by atoms with E-state index in [4.69, 9.17) is 9.47 Å². The molecule has 0 N–H and O–H groups in total. The third-order valence-electron chi connectivity index (χ3n) is 4.64. The van der Waals surface area contributed by atoms with E-state index in [0.29, 0.717) is 43.4 Å². The normalized spacial score (nSPS) is 19.1. The Labute approximate surface area is 146 Å². The molecule has 25 heavy (non-hydrogen) atoms. The van der Waals surface area contributed by atoms with Gasteiger partial charge in [-0.15, -0.1) is 0 Å². The molecule has 130 valence electrons. The van der Waals surface area contributed by atoms with Crippen LogP contribution < -0.4 is 9.47 Å². The van der Waals surface area contributed by atoms with Crippen LogP contribution in [0.3, 0.4) is 0 Å². The van der Waals surface area contributed by atoms with E-state index in [2.05, 4.69) is 9.97 Å². The second kappa shape index (κ2) is 6.35. The summed E-state index contributed by atoms with van der Waals surface area (Å²) in [5, 5.41) is 0. The van der Waals surface area contributed by atoms with Crippen LogP contribution in [0.4, 0.5) is 0 Å². The number of carbonyl (C=O) groups excluding carboxylic acids is 1. The summed E-state index contributed by atoms with van der Waals surface area (Å²) in [6.45, 7) is 6.26. The summed E-state index contributed by atoms with van der Waals surface area (Å²) in [5.41, 5.74) is 2.50. The summed E-state index contributed by atoms with van der Waals surface area (Å²) < 4.78 is 11.3. The van der Waals surface area contributed by atoms with E-state index >= 15 is 0 Å². The van der Waals surface area contributed by atoms with Crippen LogP contribution in [0.1, 0.15) is 39.9 Å². The molecule has 0 bridgehead atoms. The van der Waals surface area contributed by atoms with Crippen LogP contribution in [0.25, 0.3) is 0 Å². The van der Waals surface area contributed by atoms with Crippen LogP contribution in [0.5, 0.6) is 11.5 Å². The summed E-state index contributed by atoms with van der Waals surface area (Å²) in [6.07, 6.45) is 0.876. The minimum atomic E-state index is -0.0192. The number of hydrogen-bond donors (Lipinski definition) is 0. The number of fused-ring (bicyclic) bond motifs is 1. The van der Waals surface area contributed by atoms with Crippen molar-refractivity contribution in [3.8, 4) is 11.5 Å². The summed E-state index contributed by atoms with van der Waals surface area (Å²) in [4.78, 5) is 24.0. The minimum Gasteiger partial charge on any atom is -0.486 e. The summed E-state index contributed by atoms with van der Waals surface area (Å²) >= 11 is 0. The van der Waals surface area contributed by atoms with E-state index in [1.807, 2.05) is 36.9 Å². The molecule has 1 amide bonds. The molecule has 1 aromatic heterocycles. The molecule has 1 atom stereocenters. The molecule has 2 aromatic rings. The van der Waals surface area contributed by atoms with Crippen molar-refractivity contribution >= 4 is 5.91 Å². The first-order valence-electron chi connectivity index (χ1n) is 8.62. The number of rotatable bonds is 2. The maximum Gasteiger partial charge on any atom is 0.257 e. The number of carbonyl (C=O) groups is 1. The number of benzene rings is 1. The molecule has 4 rings (SSSR count). The molecule has 2 aliphatic heterocycles. The largest absolute Gasteiger partial charge is 0.486 e. The SMILES string of the molecule is Cc1cc(C)nc([C@@H]2CCN(C(=O)c3cccc4c3OCCO4)C2)n1. The molecule has 1 saturated heterocycles. The number of aromatic nitrogens is 2. The molecule has 3 heterocycles. The molecule has 6 nitrogen and oxygen atoms in total. The van der Waals surface area contributed by atoms with E-state index < -0.39 is 0 Å². The quantitative estimate of drug-likeness (QED) is 0.841. The zero-order chi connectivity index (χ0) is 17.4. The Morgan fingerprint density at radius 2 is 1.92 bits per heavy atom. The number of hydrogen-bond acceptors (Lipinski definition) is 5. The lowest BCUT2D eigenvalue weighted by Crippen LogP contribution is -2.30. The van der Waals surface area contributed by atoms with Gasteiger partial charge < -0.3 is 14.4 Å². The molecule has 0 unspecified atom stereocenters. The van der Waals surface area contributed by atoms with Crippen molar-refractivity contribution < 1.29 is 14.3 Å². The molecule has 0 aliphatic carbocycles. The van der Waals surface area contributed by atoms with Gasteiger partial charge in [0, 0.05) is 30.4 Å². The Kier molecular flexibility index (Phi) is 4.03. The van der Waals surface area contributed by atoms with Gasteiger partial charge in [0.25, 0.3) is 5.91 Å². The van der Waals surface area contributed by atoms with Gasteiger partial charge in [-0.25, -0.2) is 9.97 Å². The van der Waals surface area contributed by atoms with Crippen molar-refractivity contribution in [1.82, 2.24) is 14.9 Å². The van der Waals surface area contributed by atoms with Gasteiger partial charge in [0.2, 0.25) is 0 Å². The standard InChI is InChI=1S/C19H21N3O3/c1-12-10-13(2)21-18(20-12)14-6-7-22(11-14)19(23)15-4-3-5-16-17(15)25-9-8-24-16/h3-5,10,14H,6-9,11H2,1-2H3/t14-/m1/s1. The van der Waals surface area contributed by atoms with Crippen LogP contribution in [0, 0.1) is 13.8 Å². The van der Waals surface area contributed by atoms with Crippen LogP contribution in [0.2, 0.25) is 0 Å². The average Bonchev–Trinajstić information content (AvgIpc) is 3.10. The van der Waals surface area contributed by atoms with Crippen LogP contribution in [-0.2, 0) is 0 Å². The van der Waals surface area contributed by atoms with E-state index in [1.165, 1.54) is 0 Å². The van der Waals surface area contributed by atoms with Gasteiger partial charge in [-0.2, -0.15) is 0 Å². The topological polar surface area (TPSA) is 64.6 Å². The fraction of sp³-hybridized carbons (Fsp3) is 0.421. The van der Waals surface area contributed by atoms with Crippen molar-refractivity contribution in [2.45, 2.75) is 26.2 Å². The predicted octanol–water partition coefficient (Wildman–Crippen LogP) is 2.49. The van der Waals surface area contributed by atoms with Gasteiger partial charge in [-0.3, -0.25) is 4.79 Å². The van der Waals surface area contributed by atoms with Crippen LogP contribution in [0.15, 0.2) is 24.3 Å². The van der Waals surface area contributed by atoms with Gasteiger partial charge in [-0.05, 0) is 38.5 Å². The Morgan fingerprint density at radius 3 is 2.72 bits per heavy atom. The molecule has 0 radical (unpaired) electrons. The van der Waals surface area contributed by atoms with Gasteiger partial charge in [-0.1, -0.05) is 6.07 Å². The van der Waals surface area contributed by atoms with Crippen molar-refractivity contribution in [2.24, 2.45) is 0 Å². The molecule has 2 aliphatic rings. The highest BCUT2D eigenvalue weighted by Gasteiger charge is 2.32. The van der Waals surface area contributed by atoms with E-state index in [0.717, 1.165) is 23.6 Å². The first-order chi connectivity index (χ1) is 12.1. The maximum atomic E-state index is 13.0. The highest BCUT2D eigenvalue weighted by Crippen LogP contribution is 2.35. The summed E-state index contributed by atoms with van der Waals surface area (Å²) in [6, 6.07) is 7.44. The monoisotopic (exact) mass is 339 g/mol. The summed E-state index contributed by atoms with van der Waals surface area (Å²) in [7, 11) is 0. The molecule has 0 saturated carbocycles. The number of nitrogens with zero attached hydrogens (tertiary/aromatic N) is 3. The van der Waals surface area contributed by atoms with Gasteiger partial charge >= 0.3 is 0 Å². The Morgan fingerprint density at radius 1 is 1.16 bits per heavy atom. The number of ether oxygens (including phenoxy) is 2. The lowest BCUT2D eigenvalue weighted by Gasteiger charge is -2.23. The zero-order valence-corrected chi connectivity index (χ0v) is 14.5. The molecule has 0 spiro atoms. The fourth-order valence-electron chi connectivity index (χ4n) is 3.50. The molecule has 1 aromatic carbocycles. The fourth-order valence-corrected chi connectivity index (χ4v) is 3.50. The third kappa shape index (κ3) is 3.04. The number of aryl methyl sites for hydroxylation is 2. The van der Waals surface area contributed by atoms with Crippen molar-refractivity contribution in [2.75, 3.05) is 26.3 Å². The second-order valence-corrected chi connectivity index (χ2v) is 6.58. The van der Waals surface area contributed by atoms with Crippen molar-refractivity contribution in [3.63, 3.8) is 0 Å². The van der Waals surface area contributed by atoms with E-state index in [1.54, 1.807) is 6.07 Å². The molecular formula is C19H21N3O3. The smallest absolute Gasteiger partial charge is 0.257 e. The molecule has 6 heteroatoms. The minimum absolute atomic E-state index is 0.0192. The van der Waals surface area contributed by atoms with Gasteiger partial charge in [0.1, 0.15) is 19.0 Å². The first-order valence-corrected chi connectivity index (χ1v) is 8.62. The predicted molar refractivity (Wildman–Crippen MR) is 92.2 cm³/mol. The Balaban J connectivity index is 1.55. The lowest BCUT2D eigenvalue weighted by molar-refractivity contribution is 0.0780. The highest BCUT2D eigenvalue weighted by atomic mass is 16.6. The number of amides is 1. The second-order valence-electron chi connectivity index (χ2n) is 6.58. The molecular weight excluding hydrogens is 318 g/mol. The van der Waals surface area contributed by atoms with Gasteiger partial charge in [0.05, 0.1) is 5.56 Å². The first kappa shape index (κ1) is 15.9. The third-order valence-corrected chi connectivity index (χ3v) is 4.64. The van der Waals surface area contributed by atoms with E-state index in [-0.39, 0.29) is 11.8 Å². The number of likely N-dealkylation sites (tertiary alicyclic amines) is 1. The molecule has 1 fully saturated rings. The maximum absolute atomic E-state index is 13.0. The average molecular weight is 339 g/mol.